The molecule has 0 bridgehead atoms. The highest BCUT2D eigenvalue weighted by Crippen LogP contribution is 2.35. The number of halogens is 3. The van der Waals surface area contributed by atoms with Crippen LogP contribution in [0.15, 0.2) is 52.8 Å². The summed E-state index contributed by atoms with van der Waals surface area (Å²) in [5.74, 6) is 0. The molecule has 140 valence electrons. The molecule has 8 heteroatoms. The van der Waals surface area contributed by atoms with E-state index in [4.69, 9.17) is 0 Å². The molecular weight excluding hydrogens is 375 g/mol. The molecule has 1 aliphatic heterocycles. The van der Waals surface area contributed by atoms with Gasteiger partial charge in [0.2, 0.25) is 0 Å². The Morgan fingerprint density at radius 2 is 2.04 bits per heavy atom. The second kappa shape index (κ2) is 6.84. The van der Waals surface area contributed by atoms with Crippen LogP contribution in [0.2, 0.25) is 0 Å². The molecule has 0 aliphatic carbocycles. The summed E-state index contributed by atoms with van der Waals surface area (Å²) in [4.78, 5) is 18.5. The maximum Gasteiger partial charge on any atom is 0.416 e. The summed E-state index contributed by atoms with van der Waals surface area (Å²) in [5, 5.41) is 1.77. The largest absolute Gasteiger partial charge is 0.416 e. The summed E-state index contributed by atoms with van der Waals surface area (Å²) >= 11 is 1.09. The Bertz CT molecular complexity index is 1010. The Balaban J connectivity index is 1.68. The number of anilines is 1. The minimum Gasteiger partial charge on any atom is -0.353 e. The van der Waals surface area contributed by atoms with Gasteiger partial charge in [-0.1, -0.05) is 17.4 Å². The average Bonchev–Trinajstić information content (AvgIpc) is 3.02. The Morgan fingerprint density at radius 3 is 2.78 bits per heavy atom. The Kier molecular flexibility index (Phi) is 4.51. The Morgan fingerprint density at radius 1 is 1.19 bits per heavy atom. The number of pyridine rings is 1. The molecule has 0 saturated heterocycles. The summed E-state index contributed by atoms with van der Waals surface area (Å²) < 4.78 is 40.6. The van der Waals surface area contributed by atoms with Crippen LogP contribution in [0, 0.1) is 0 Å². The second-order valence-corrected chi connectivity index (χ2v) is 7.20. The van der Waals surface area contributed by atoms with Crippen molar-refractivity contribution in [3.8, 4) is 11.4 Å². The number of thiazole rings is 1. The van der Waals surface area contributed by atoms with Crippen molar-refractivity contribution in [1.29, 1.82) is 0 Å². The van der Waals surface area contributed by atoms with Crippen molar-refractivity contribution in [3.63, 3.8) is 0 Å². The van der Waals surface area contributed by atoms with E-state index in [2.05, 4.69) is 4.98 Å². The summed E-state index contributed by atoms with van der Waals surface area (Å²) in [6.07, 6.45) is -1.35. The van der Waals surface area contributed by atoms with Crippen LogP contribution in [0.25, 0.3) is 11.4 Å². The molecule has 0 spiro atoms. The molecule has 0 amide bonds. The van der Waals surface area contributed by atoms with Crippen LogP contribution in [0.5, 0.6) is 0 Å². The number of fused-ring (bicyclic) bond motifs is 1. The van der Waals surface area contributed by atoms with Crippen molar-refractivity contribution in [3.05, 3.63) is 68.8 Å². The quantitative estimate of drug-likeness (QED) is 0.664. The van der Waals surface area contributed by atoms with Gasteiger partial charge in [-0.2, -0.15) is 13.2 Å². The highest BCUT2D eigenvalue weighted by atomic mass is 32.1. The lowest BCUT2D eigenvalue weighted by Crippen LogP contribution is -2.34. The monoisotopic (exact) mass is 391 g/mol. The average molecular weight is 391 g/mol. The van der Waals surface area contributed by atoms with Crippen molar-refractivity contribution in [2.45, 2.75) is 25.7 Å². The summed E-state index contributed by atoms with van der Waals surface area (Å²) in [6, 6.07) is 9.32. The minimum absolute atomic E-state index is 0.116. The van der Waals surface area contributed by atoms with Crippen molar-refractivity contribution in [2.24, 2.45) is 0 Å². The Labute approximate surface area is 157 Å². The van der Waals surface area contributed by atoms with Crippen LogP contribution in [0.1, 0.15) is 17.5 Å². The molecule has 1 aliphatic rings. The standard InChI is InChI=1S/C19H16F3N3OS/c20-19(21,22)14-6-7-16-13(10-14)4-3-9-24(16)12-25-17(11-27-18(25)26)15-5-1-2-8-23-15/h1-2,5-8,10-11H,3-4,9,12H2. The van der Waals surface area contributed by atoms with Gasteiger partial charge in [0, 0.05) is 23.8 Å². The second-order valence-electron chi connectivity index (χ2n) is 6.38. The third kappa shape index (κ3) is 3.49. The Hall–Kier alpha value is -2.61. The summed E-state index contributed by atoms with van der Waals surface area (Å²) in [7, 11) is 0. The van der Waals surface area contributed by atoms with Crippen LogP contribution in [0.3, 0.4) is 0 Å². The first kappa shape index (κ1) is 17.8. The predicted octanol–water partition coefficient (Wildman–Crippen LogP) is 4.40. The molecule has 0 radical (unpaired) electrons. The van der Waals surface area contributed by atoms with Crippen LogP contribution >= 0.6 is 11.3 Å². The molecule has 27 heavy (non-hydrogen) atoms. The molecule has 0 saturated carbocycles. The smallest absolute Gasteiger partial charge is 0.353 e. The third-order valence-electron chi connectivity index (χ3n) is 4.64. The normalized spacial score (nSPS) is 14.3. The van der Waals surface area contributed by atoms with Crippen LogP contribution in [-0.2, 0) is 19.3 Å². The molecular formula is C19H16F3N3OS. The predicted molar refractivity (Wildman–Crippen MR) is 98.9 cm³/mol. The van der Waals surface area contributed by atoms with Crippen molar-refractivity contribution in [2.75, 3.05) is 11.4 Å². The van der Waals surface area contributed by atoms with Gasteiger partial charge in [-0.05, 0) is 48.7 Å². The summed E-state index contributed by atoms with van der Waals surface area (Å²) in [6.45, 7) is 0.967. The van der Waals surface area contributed by atoms with Crippen molar-refractivity contribution < 1.29 is 13.2 Å². The number of nitrogens with zero attached hydrogens (tertiary/aromatic N) is 3. The van der Waals surface area contributed by atoms with Crippen LogP contribution in [0.4, 0.5) is 18.9 Å². The molecule has 0 atom stereocenters. The van der Waals surface area contributed by atoms with E-state index < -0.39 is 11.7 Å². The number of alkyl halides is 3. The van der Waals surface area contributed by atoms with E-state index in [0.29, 0.717) is 29.9 Å². The zero-order chi connectivity index (χ0) is 19.0. The number of rotatable bonds is 3. The molecule has 0 unspecified atom stereocenters. The van der Waals surface area contributed by atoms with E-state index in [9.17, 15) is 18.0 Å². The molecule has 2 aromatic heterocycles. The van der Waals surface area contributed by atoms with Crippen molar-refractivity contribution >= 4 is 17.0 Å². The van der Waals surface area contributed by atoms with Crippen LogP contribution < -0.4 is 9.77 Å². The lowest BCUT2D eigenvalue weighted by atomic mass is 9.99. The van der Waals surface area contributed by atoms with Crippen LogP contribution in [-0.4, -0.2) is 16.1 Å². The number of benzene rings is 1. The topological polar surface area (TPSA) is 38.1 Å². The maximum atomic E-state index is 13.0. The first-order chi connectivity index (χ1) is 12.9. The van der Waals surface area contributed by atoms with Crippen molar-refractivity contribution in [1.82, 2.24) is 9.55 Å². The number of aromatic nitrogens is 2. The molecule has 1 aromatic carbocycles. The summed E-state index contributed by atoms with van der Waals surface area (Å²) in [5.41, 5.74) is 2.19. The molecule has 3 heterocycles. The van der Waals surface area contributed by atoms with Gasteiger partial charge in [0.05, 0.1) is 23.6 Å². The maximum absolute atomic E-state index is 13.0. The molecule has 4 rings (SSSR count). The highest BCUT2D eigenvalue weighted by Gasteiger charge is 2.32. The number of hydrogen-bond donors (Lipinski definition) is 0. The fourth-order valence-electron chi connectivity index (χ4n) is 3.35. The van der Waals surface area contributed by atoms with Gasteiger partial charge < -0.3 is 4.90 Å². The minimum atomic E-state index is -4.35. The fraction of sp³-hybridized carbons (Fsp3) is 0.263. The fourth-order valence-corrected chi connectivity index (χ4v) is 4.09. The van der Waals surface area contributed by atoms with Gasteiger partial charge in [0.1, 0.15) is 0 Å². The highest BCUT2D eigenvalue weighted by molar-refractivity contribution is 7.07. The molecule has 4 nitrogen and oxygen atoms in total. The lowest BCUT2D eigenvalue weighted by Gasteiger charge is -2.32. The number of aryl methyl sites for hydroxylation is 1. The van der Waals surface area contributed by atoms with Gasteiger partial charge >= 0.3 is 11.0 Å². The van der Waals surface area contributed by atoms with E-state index in [0.717, 1.165) is 29.5 Å². The van der Waals surface area contributed by atoms with Gasteiger partial charge in [-0.25, -0.2) is 0 Å². The van der Waals surface area contributed by atoms with E-state index in [1.807, 2.05) is 17.0 Å². The third-order valence-corrected chi connectivity index (χ3v) is 5.41. The molecule has 3 aromatic rings. The van der Waals surface area contributed by atoms with E-state index in [-0.39, 0.29) is 11.5 Å². The number of hydrogen-bond acceptors (Lipinski definition) is 4. The van der Waals surface area contributed by atoms with Gasteiger partial charge in [0.15, 0.2) is 0 Å². The van der Waals surface area contributed by atoms with Gasteiger partial charge in [-0.3, -0.25) is 14.3 Å². The van der Waals surface area contributed by atoms with Gasteiger partial charge in [-0.15, -0.1) is 0 Å². The zero-order valence-electron chi connectivity index (χ0n) is 14.2. The molecule has 0 fully saturated rings. The van der Waals surface area contributed by atoms with E-state index >= 15 is 0 Å². The SMILES string of the molecule is O=c1scc(-c2ccccn2)n1CN1CCCc2cc(C(F)(F)F)ccc21. The van der Waals surface area contributed by atoms with E-state index in [1.54, 1.807) is 22.2 Å². The molecule has 0 N–H and O–H groups in total. The lowest BCUT2D eigenvalue weighted by molar-refractivity contribution is -0.137. The first-order valence-corrected chi connectivity index (χ1v) is 9.36. The van der Waals surface area contributed by atoms with E-state index in [1.165, 1.54) is 12.1 Å². The first-order valence-electron chi connectivity index (χ1n) is 8.48. The zero-order valence-corrected chi connectivity index (χ0v) is 15.1. The van der Waals surface area contributed by atoms with Gasteiger partial charge in [0.25, 0.3) is 0 Å².